The van der Waals surface area contributed by atoms with Crippen LogP contribution in [0.3, 0.4) is 0 Å². The van der Waals surface area contributed by atoms with Gasteiger partial charge in [-0.3, -0.25) is 0 Å². The molecule has 2 fully saturated rings. The Kier molecular flexibility index (Phi) is 5.08. The molecule has 168 valence electrons. The molecule has 6 rings (SSSR count). The highest BCUT2D eigenvalue weighted by atomic mass is 16.6. The van der Waals surface area contributed by atoms with E-state index in [1.165, 1.54) is 21.9 Å². The highest BCUT2D eigenvalue weighted by molar-refractivity contribution is 5.91. The zero-order valence-corrected chi connectivity index (χ0v) is 18.8. The first-order valence-electron chi connectivity index (χ1n) is 11.3. The number of methoxy groups -OCH3 is 2. The SMILES string of the molecule is COc1ccc2c(C[C@H]3CO3)c(Oc3ccc4cc(OC)ccc4c3C[C@H]3CO3)ccc2c1. The summed E-state index contributed by atoms with van der Waals surface area (Å²) in [4.78, 5) is 0. The van der Waals surface area contributed by atoms with Crippen molar-refractivity contribution in [3.05, 3.63) is 71.8 Å². The summed E-state index contributed by atoms with van der Waals surface area (Å²) < 4.78 is 28.6. The van der Waals surface area contributed by atoms with E-state index in [-0.39, 0.29) is 12.2 Å². The number of epoxide rings is 2. The first-order chi connectivity index (χ1) is 16.2. The monoisotopic (exact) mass is 442 g/mol. The molecule has 2 aliphatic rings. The summed E-state index contributed by atoms with van der Waals surface area (Å²) in [6.45, 7) is 1.60. The molecule has 2 heterocycles. The van der Waals surface area contributed by atoms with Crippen LogP contribution in [0.15, 0.2) is 60.7 Å². The quantitative estimate of drug-likeness (QED) is 0.328. The van der Waals surface area contributed by atoms with Crippen molar-refractivity contribution in [1.82, 2.24) is 0 Å². The van der Waals surface area contributed by atoms with Gasteiger partial charge in [0.15, 0.2) is 0 Å². The van der Waals surface area contributed by atoms with Gasteiger partial charge in [-0.25, -0.2) is 0 Å². The molecule has 0 bridgehead atoms. The second-order valence-corrected chi connectivity index (χ2v) is 8.68. The lowest BCUT2D eigenvalue weighted by molar-refractivity contribution is 0.399. The molecule has 0 aromatic heterocycles. The van der Waals surface area contributed by atoms with Gasteiger partial charge in [0.25, 0.3) is 0 Å². The van der Waals surface area contributed by atoms with Gasteiger partial charge in [0.05, 0.1) is 39.6 Å². The van der Waals surface area contributed by atoms with E-state index in [1.54, 1.807) is 14.2 Å². The van der Waals surface area contributed by atoms with Crippen LogP contribution in [0, 0.1) is 0 Å². The maximum absolute atomic E-state index is 6.65. The standard InChI is InChI=1S/C28H26O5/c1-29-19-5-7-23-17(11-19)3-9-27(25(23)13-21-15-31-21)33-28-10-4-18-12-20(30-2)6-8-24(18)26(28)14-22-16-32-22/h3-12,21-22H,13-16H2,1-2H3/t21-,22-/m0/s1. The third-order valence-electron chi connectivity index (χ3n) is 6.48. The van der Waals surface area contributed by atoms with Crippen molar-refractivity contribution >= 4 is 21.5 Å². The van der Waals surface area contributed by atoms with Crippen molar-refractivity contribution in [2.24, 2.45) is 0 Å². The molecule has 0 amide bonds. The smallest absolute Gasteiger partial charge is 0.131 e. The minimum atomic E-state index is 0.253. The molecule has 0 radical (unpaired) electrons. The summed E-state index contributed by atoms with van der Waals surface area (Å²) in [5, 5.41) is 4.60. The van der Waals surface area contributed by atoms with Crippen molar-refractivity contribution in [3.8, 4) is 23.0 Å². The molecule has 4 aromatic carbocycles. The molecule has 2 saturated heterocycles. The average Bonchev–Trinajstić information content (AvgIpc) is 3.77. The molecule has 2 aliphatic heterocycles. The first-order valence-corrected chi connectivity index (χ1v) is 11.3. The van der Waals surface area contributed by atoms with Crippen molar-refractivity contribution in [2.45, 2.75) is 25.0 Å². The summed E-state index contributed by atoms with van der Waals surface area (Å²) in [5.74, 6) is 3.44. The molecule has 0 aliphatic carbocycles. The minimum Gasteiger partial charge on any atom is -0.497 e. The summed E-state index contributed by atoms with van der Waals surface area (Å²) in [5.41, 5.74) is 2.34. The van der Waals surface area contributed by atoms with Gasteiger partial charge < -0.3 is 23.7 Å². The lowest BCUT2D eigenvalue weighted by Crippen LogP contribution is -2.02. The Morgan fingerprint density at radius 1 is 0.667 bits per heavy atom. The van der Waals surface area contributed by atoms with E-state index in [1.807, 2.05) is 12.1 Å². The first kappa shape index (κ1) is 20.3. The number of hydrogen-bond donors (Lipinski definition) is 0. The second kappa shape index (κ2) is 8.25. The highest BCUT2D eigenvalue weighted by Crippen LogP contribution is 2.40. The Morgan fingerprint density at radius 2 is 1.12 bits per heavy atom. The second-order valence-electron chi connectivity index (χ2n) is 8.68. The zero-order valence-electron chi connectivity index (χ0n) is 18.8. The largest absolute Gasteiger partial charge is 0.497 e. The molecular weight excluding hydrogens is 416 g/mol. The number of fused-ring (bicyclic) bond motifs is 2. The van der Waals surface area contributed by atoms with Crippen molar-refractivity contribution in [2.75, 3.05) is 27.4 Å². The molecule has 2 atom stereocenters. The van der Waals surface area contributed by atoms with Crippen LogP contribution in [-0.4, -0.2) is 39.6 Å². The van der Waals surface area contributed by atoms with Crippen LogP contribution in [-0.2, 0) is 22.3 Å². The zero-order chi connectivity index (χ0) is 22.4. The summed E-state index contributed by atoms with van der Waals surface area (Å²) in [7, 11) is 3.38. The van der Waals surface area contributed by atoms with Gasteiger partial charge in [-0.05, 0) is 57.9 Å². The Morgan fingerprint density at radius 3 is 1.52 bits per heavy atom. The van der Waals surface area contributed by atoms with Gasteiger partial charge in [0.2, 0.25) is 0 Å². The maximum atomic E-state index is 6.65. The van der Waals surface area contributed by atoms with Gasteiger partial charge in [-0.2, -0.15) is 0 Å². The Balaban J connectivity index is 1.45. The van der Waals surface area contributed by atoms with E-state index >= 15 is 0 Å². The summed E-state index contributed by atoms with van der Waals surface area (Å²) in [6.07, 6.45) is 2.15. The molecule has 4 aromatic rings. The van der Waals surface area contributed by atoms with Crippen molar-refractivity contribution < 1.29 is 23.7 Å². The van der Waals surface area contributed by atoms with Gasteiger partial charge in [-0.1, -0.05) is 24.3 Å². The number of ether oxygens (including phenoxy) is 5. The fraction of sp³-hybridized carbons (Fsp3) is 0.286. The molecule has 5 nitrogen and oxygen atoms in total. The van der Waals surface area contributed by atoms with E-state index in [2.05, 4.69) is 48.5 Å². The topological polar surface area (TPSA) is 52.8 Å². The molecule has 0 spiro atoms. The van der Waals surface area contributed by atoms with Gasteiger partial charge in [-0.15, -0.1) is 0 Å². The van der Waals surface area contributed by atoms with Gasteiger partial charge in [0.1, 0.15) is 23.0 Å². The predicted molar refractivity (Wildman–Crippen MR) is 128 cm³/mol. The molecule has 0 unspecified atom stereocenters. The molecule has 0 N–H and O–H groups in total. The Hall–Kier alpha value is -3.28. The third-order valence-corrected chi connectivity index (χ3v) is 6.48. The van der Waals surface area contributed by atoms with Gasteiger partial charge >= 0.3 is 0 Å². The van der Waals surface area contributed by atoms with Crippen LogP contribution in [0.1, 0.15) is 11.1 Å². The fourth-order valence-electron chi connectivity index (χ4n) is 4.52. The van der Waals surface area contributed by atoms with Crippen LogP contribution in [0.2, 0.25) is 0 Å². The number of hydrogen-bond acceptors (Lipinski definition) is 5. The normalized spacial score (nSPS) is 19.0. The molecule has 5 heteroatoms. The number of benzene rings is 4. The maximum Gasteiger partial charge on any atom is 0.131 e. The van der Waals surface area contributed by atoms with E-state index in [0.29, 0.717) is 0 Å². The summed E-state index contributed by atoms with van der Waals surface area (Å²) in [6, 6.07) is 20.7. The fourth-order valence-corrected chi connectivity index (χ4v) is 4.52. The lowest BCUT2D eigenvalue weighted by atomic mass is 9.98. The predicted octanol–water partition coefficient (Wildman–Crippen LogP) is 5.69. The van der Waals surface area contributed by atoms with E-state index < -0.39 is 0 Å². The highest BCUT2D eigenvalue weighted by Gasteiger charge is 2.28. The van der Waals surface area contributed by atoms with E-state index in [4.69, 9.17) is 23.7 Å². The summed E-state index contributed by atoms with van der Waals surface area (Å²) >= 11 is 0. The molecule has 0 saturated carbocycles. The lowest BCUT2D eigenvalue weighted by Gasteiger charge is -2.18. The minimum absolute atomic E-state index is 0.253. The van der Waals surface area contributed by atoms with Crippen LogP contribution in [0.25, 0.3) is 21.5 Å². The number of rotatable bonds is 8. The Labute approximate surface area is 192 Å². The van der Waals surface area contributed by atoms with Gasteiger partial charge in [0, 0.05) is 24.0 Å². The average molecular weight is 443 g/mol. The Bertz CT molecular complexity index is 1230. The third kappa shape index (κ3) is 4.10. The van der Waals surface area contributed by atoms with E-state index in [0.717, 1.165) is 59.8 Å². The van der Waals surface area contributed by atoms with Crippen LogP contribution in [0.5, 0.6) is 23.0 Å². The van der Waals surface area contributed by atoms with Crippen LogP contribution < -0.4 is 14.2 Å². The van der Waals surface area contributed by atoms with Crippen molar-refractivity contribution in [1.29, 1.82) is 0 Å². The van der Waals surface area contributed by atoms with Crippen LogP contribution >= 0.6 is 0 Å². The molecule has 33 heavy (non-hydrogen) atoms. The van der Waals surface area contributed by atoms with Crippen molar-refractivity contribution in [3.63, 3.8) is 0 Å². The van der Waals surface area contributed by atoms with E-state index in [9.17, 15) is 0 Å². The molecular formula is C28H26O5. The van der Waals surface area contributed by atoms with Crippen LogP contribution in [0.4, 0.5) is 0 Å².